The predicted octanol–water partition coefficient (Wildman–Crippen LogP) is 2.50. The lowest BCUT2D eigenvalue weighted by Gasteiger charge is -2.34. The molecule has 6 heteroatoms. The molecule has 0 spiro atoms. The molecule has 2 aromatic rings. The van der Waals surface area contributed by atoms with Crippen molar-refractivity contribution in [2.24, 2.45) is 0 Å². The second-order valence-electron chi connectivity index (χ2n) is 7.00. The summed E-state index contributed by atoms with van der Waals surface area (Å²) in [7, 11) is 2.15. The van der Waals surface area contributed by atoms with Crippen molar-refractivity contribution in [2.45, 2.75) is 50.9 Å². The van der Waals surface area contributed by atoms with Crippen LogP contribution in [-0.4, -0.2) is 53.3 Å². The number of ether oxygens (including phenoxy) is 1. The number of furan rings is 1. The number of fused-ring (bicyclic) bond motifs is 1. The van der Waals surface area contributed by atoms with Crippen molar-refractivity contribution in [1.82, 2.24) is 14.9 Å². The normalized spacial score (nSPS) is 26.2. The minimum absolute atomic E-state index is 0.197. The van der Waals surface area contributed by atoms with Gasteiger partial charge in [-0.2, -0.15) is 0 Å². The molecule has 2 aromatic heterocycles. The first-order chi connectivity index (χ1) is 12.3. The van der Waals surface area contributed by atoms with Gasteiger partial charge < -0.3 is 14.1 Å². The first-order valence-electron chi connectivity index (χ1n) is 9.18. The van der Waals surface area contributed by atoms with Crippen molar-refractivity contribution in [2.75, 3.05) is 25.1 Å². The van der Waals surface area contributed by atoms with Crippen LogP contribution >= 0.6 is 0 Å². The molecule has 0 bridgehead atoms. The lowest BCUT2D eigenvalue weighted by molar-refractivity contribution is -0.0256. The summed E-state index contributed by atoms with van der Waals surface area (Å²) >= 11 is 0. The van der Waals surface area contributed by atoms with E-state index in [0.717, 1.165) is 50.7 Å². The van der Waals surface area contributed by atoms with Crippen LogP contribution < -0.4 is 4.90 Å². The zero-order chi connectivity index (χ0) is 17.2. The highest BCUT2D eigenvalue weighted by atomic mass is 16.5. The van der Waals surface area contributed by atoms with E-state index in [1.54, 1.807) is 6.26 Å². The predicted molar refractivity (Wildman–Crippen MR) is 95.5 cm³/mol. The van der Waals surface area contributed by atoms with Gasteiger partial charge >= 0.3 is 0 Å². The second kappa shape index (κ2) is 7.14. The average molecular weight is 342 g/mol. The van der Waals surface area contributed by atoms with Gasteiger partial charge in [0.05, 0.1) is 31.0 Å². The van der Waals surface area contributed by atoms with Crippen molar-refractivity contribution >= 4 is 5.95 Å². The number of rotatable bonds is 5. The summed E-state index contributed by atoms with van der Waals surface area (Å²) in [5, 5.41) is 0. The summed E-state index contributed by atoms with van der Waals surface area (Å²) in [6.07, 6.45) is 9.01. The van der Waals surface area contributed by atoms with Crippen LogP contribution in [0.5, 0.6) is 0 Å². The first kappa shape index (κ1) is 16.5. The Balaban J connectivity index is 1.54. The van der Waals surface area contributed by atoms with Crippen molar-refractivity contribution in [3.63, 3.8) is 0 Å². The van der Waals surface area contributed by atoms with Gasteiger partial charge in [-0.3, -0.25) is 4.90 Å². The molecule has 2 saturated heterocycles. The zero-order valence-electron chi connectivity index (χ0n) is 15.0. The largest absolute Gasteiger partial charge is 0.468 e. The van der Waals surface area contributed by atoms with Crippen molar-refractivity contribution in [3.05, 3.63) is 42.1 Å². The lowest BCUT2D eigenvalue weighted by atomic mass is 10.0. The topological polar surface area (TPSA) is 54.6 Å². The maximum Gasteiger partial charge on any atom is 0.225 e. The van der Waals surface area contributed by atoms with E-state index < -0.39 is 0 Å². The fraction of sp³-hybridized carbons (Fsp3) is 0.579. The number of nitrogens with zero attached hydrogens (tertiary/aromatic N) is 4. The molecule has 0 aromatic carbocycles. The van der Waals surface area contributed by atoms with E-state index in [-0.39, 0.29) is 6.10 Å². The van der Waals surface area contributed by atoms with Crippen LogP contribution in [-0.2, 0) is 17.7 Å². The number of aromatic nitrogens is 2. The number of hydrogen-bond donors (Lipinski definition) is 0. The summed E-state index contributed by atoms with van der Waals surface area (Å²) in [6, 6.07) is 4.62. The van der Waals surface area contributed by atoms with Crippen LogP contribution in [0.2, 0.25) is 0 Å². The summed E-state index contributed by atoms with van der Waals surface area (Å²) in [4.78, 5) is 13.9. The molecular formula is C19H26N4O2. The molecule has 2 fully saturated rings. The molecule has 25 heavy (non-hydrogen) atoms. The Labute approximate surface area is 148 Å². The van der Waals surface area contributed by atoms with Crippen LogP contribution in [0.4, 0.5) is 5.95 Å². The highest BCUT2D eigenvalue weighted by molar-refractivity contribution is 5.37. The van der Waals surface area contributed by atoms with Gasteiger partial charge in [0.2, 0.25) is 5.95 Å². The van der Waals surface area contributed by atoms with E-state index >= 15 is 0 Å². The maximum absolute atomic E-state index is 6.18. The molecule has 2 aliphatic rings. The third-order valence-corrected chi connectivity index (χ3v) is 5.41. The van der Waals surface area contributed by atoms with Crippen molar-refractivity contribution in [3.8, 4) is 0 Å². The Hall–Kier alpha value is -1.92. The van der Waals surface area contributed by atoms with Crippen LogP contribution in [0.15, 0.2) is 35.2 Å². The van der Waals surface area contributed by atoms with Crippen LogP contribution in [0, 0.1) is 0 Å². The molecule has 0 unspecified atom stereocenters. The molecule has 134 valence electrons. The van der Waals surface area contributed by atoms with Crippen molar-refractivity contribution < 1.29 is 9.15 Å². The standard InChI is InChI=1S/C19H26N4O2/c1-3-14-10-20-19(21-11-14)23-13-17(18-16(23)7-5-9-25-18)22(2)12-15-6-4-8-24-15/h4,6,8,10-11,16-18H,3,5,7,9,12-13H2,1-2H3/t16-,17-,18+/m0/s1. The quantitative estimate of drug-likeness (QED) is 0.832. The molecule has 0 radical (unpaired) electrons. The third kappa shape index (κ3) is 3.28. The Morgan fingerprint density at radius 1 is 1.32 bits per heavy atom. The van der Waals surface area contributed by atoms with Crippen LogP contribution in [0.3, 0.4) is 0 Å². The Kier molecular flexibility index (Phi) is 4.72. The summed E-state index contributed by atoms with van der Waals surface area (Å²) < 4.78 is 11.7. The molecule has 0 N–H and O–H groups in total. The van der Waals surface area contributed by atoms with Gasteiger partial charge in [0.25, 0.3) is 0 Å². The average Bonchev–Trinajstić information content (AvgIpc) is 3.29. The van der Waals surface area contributed by atoms with E-state index in [0.29, 0.717) is 12.1 Å². The van der Waals surface area contributed by atoms with Gasteiger partial charge in [-0.1, -0.05) is 6.92 Å². The van der Waals surface area contributed by atoms with E-state index in [9.17, 15) is 0 Å². The highest BCUT2D eigenvalue weighted by Crippen LogP contribution is 2.33. The van der Waals surface area contributed by atoms with Gasteiger partial charge in [-0.05, 0) is 44.0 Å². The Bertz CT molecular complexity index is 673. The lowest BCUT2D eigenvalue weighted by Crippen LogP contribution is -2.46. The van der Waals surface area contributed by atoms with Gasteiger partial charge in [0, 0.05) is 25.5 Å². The summed E-state index contributed by atoms with van der Waals surface area (Å²) in [6.45, 7) is 4.64. The van der Waals surface area contributed by atoms with Crippen molar-refractivity contribution in [1.29, 1.82) is 0 Å². The van der Waals surface area contributed by atoms with Gasteiger partial charge in [0.15, 0.2) is 0 Å². The van der Waals surface area contributed by atoms with E-state index in [1.165, 1.54) is 5.56 Å². The smallest absolute Gasteiger partial charge is 0.225 e. The van der Waals surface area contributed by atoms with E-state index in [2.05, 4.69) is 33.7 Å². The first-order valence-corrected chi connectivity index (χ1v) is 9.18. The monoisotopic (exact) mass is 342 g/mol. The molecule has 2 aliphatic heterocycles. The number of hydrogen-bond acceptors (Lipinski definition) is 6. The Morgan fingerprint density at radius 2 is 2.16 bits per heavy atom. The molecule has 3 atom stereocenters. The van der Waals surface area contributed by atoms with Gasteiger partial charge in [-0.25, -0.2) is 9.97 Å². The fourth-order valence-corrected chi connectivity index (χ4v) is 3.99. The fourth-order valence-electron chi connectivity index (χ4n) is 3.99. The molecule has 0 aliphatic carbocycles. The number of aryl methyl sites for hydroxylation is 1. The Morgan fingerprint density at radius 3 is 2.88 bits per heavy atom. The van der Waals surface area contributed by atoms with Crippen LogP contribution in [0.25, 0.3) is 0 Å². The molecule has 0 saturated carbocycles. The summed E-state index contributed by atoms with van der Waals surface area (Å²) in [5.41, 5.74) is 1.17. The second-order valence-corrected chi connectivity index (χ2v) is 7.00. The molecule has 4 heterocycles. The molecule has 6 nitrogen and oxygen atoms in total. The highest BCUT2D eigenvalue weighted by Gasteiger charge is 2.46. The minimum Gasteiger partial charge on any atom is -0.468 e. The van der Waals surface area contributed by atoms with E-state index in [1.807, 2.05) is 24.5 Å². The van der Waals surface area contributed by atoms with Crippen LogP contribution in [0.1, 0.15) is 31.1 Å². The third-order valence-electron chi connectivity index (χ3n) is 5.41. The molecule has 4 rings (SSSR count). The van der Waals surface area contributed by atoms with E-state index in [4.69, 9.17) is 9.15 Å². The van der Waals surface area contributed by atoms with Gasteiger partial charge in [0.1, 0.15) is 5.76 Å². The number of likely N-dealkylation sites (N-methyl/N-ethyl adjacent to an activating group) is 1. The molecule has 0 amide bonds. The summed E-state index contributed by atoms with van der Waals surface area (Å²) in [5.74, 6) is 1.81. The SMILES string of the molecule is CCc1cnc(N2C[C@H](N(C)Cc3ccco3)[C@@H]3OCCC[C@@H]32)nc1. The molecular weight excluding hydrogens is 316 g/mol. The number of anilines is 1. The van der Waals surface area contributed by atoms with Gasteiger partial charge in [-0.15, -0.1) is 0 Å². The maximum atomic E-state index is 6.18. The zero-order valence-corrected chi connectivity index (χ0v) is 15.0. The minimum atomic E-state index is 0.197.